The molecule has 0 spiro atoms. The second-order valence-electron chi connectivity index (χ2n) is 3.94. The maximum atomic E-state index is 5.26. The van der Waals surface area contributed by atoms with Gasteiger partial charge in [-0.05, 0) is 24.2 Å². The Kier molecular flexibility index (Phi) is 4.25. The van der Waals surface area contributed by atoms with Crippen LogP contribution in [0.25, 0.3) is 0 Å². The highest BCUT2D eigenvalue weighted by atomic mass is 16.5. The van der Waals surface area contributed by atoms with Crippen LogP contribution < -0.4 is 10.1 Å². The third-order valence-corrected chi connectivity index (χ3v) is 2.75. The number of hydrogen-bond acceptors (Lipinski definition) is 4. The van der Waals surface area contributed by atoms with E-state index in [1.807, 2.05) is 30.6 Å². The van der Waals surface area contributed by atoms with Gasteiger partial charge in [0, 0.05) is 18.0 Å². The summed E-state index contributed by atoms with van der Waals surface area (Å²) in [7, 11) is 1.67. The topological polar surface area (TPSA) is 47.0 Å². The van der Waals surface area contributed by atoms with Gasteiger partial charge in [-0.1, -0.05) is 19.1 Å². The van der Waals surface area contributed by atoms with Gasteiger partial charge in [0.15, 0.2) is 0 Å². The van der Waals surface area contributed by atoms with Gasteiger partial charge in [-0.25, -0.2) is 9.97 Å². The first-order valence-corrected chi connectivity index (χ1v) is 5.97. The molecule has 1 N–H and O–H groups in total. The predicted molar refractivity (Wildman–Crippen MR) is 70.5 cm³/mol. The van der Waals surface area contributed by atoms with Crippen molar-refractivity contribution in [3.8, 4) is 5.75 Å². The Morgan fingerprint density at radius 2 is 2.00 bits per heavy atom. The van der Waals surface area contributed by atoms with E-state index in [0.717, 1.165) is 23.4 Å². The molecule has 0 amide bonds. The summed E-state index contributed by atoms with van der Waals surface area (Å²) in [6.07, 6.45) is 5.21. The number of rotatable bonds is 5. The van der Waals surface area contributed by atoms with Crippen molar-refractivity contribution in [3.63, 3.8) is 0 Å². The van der Waals surface area contributed by atoms with Crippen molar-refractivity contribution in [3.05, 3.63) is 54.1 Å². The Balaban J connectivity index is 2.35. The smallest absolute Gasteiger partial charge is 0.119 e. The Labute approximate surface area is 107 Å². The summed E-state index contributed by atoms with van der Waals surface area (Å²) in [5.74, 6) is 0.854. The summed E-state index contributed by atoms with van der Waals surface area (Å²) < 4.78 is 5.26. The lowest BCUT2D eigenvalue weighted by atomic mass is 10.0. The molecular formula is C14H17N3O. The molecule has 1 unspecified atom stereocenters. The van der Waals surface area contributed by atoms with Crippen LogP contribution in [-0.2, 0) is 0 Å². The van der Waals surface area contributed by atoms with E-state index in [2.05, 4.69) is 28.3 Å². The van der Waals surface area contributed by atoms with Crippen LogP contribution >= 0.6 is 0 Å². The van der Waals surface area contributed by atoms with Gasteiger partial charge < -0.3 is 10.1 Å². The number of aromatic nitrogens is 2. The van der Waals surface area contributed by atoms with Crippen molar-refractivity contribution >= 4 is 0 Å². The number of methoxy groups -OCH3 is 1. The zero-order valence-corrected chi connectivity index (χ0v) is 10.6. The highest BCUT2D eigenvalue weighted by Gasteiger charge is 2.13. The Bertz CT molecular complexity index is 487. The largest absolute Gasteiger partial charge is 0.497 e. The molecule has 1 heterocycles. The van der Waals surface area contributed by atoms with Gasteiger partial charge in [-0.2, -0.15) is 0 Å². The Morgan fingerprint density at radius 1 is 1.22 bits per heavy atom. The van der Waals surface area contributed by atoms with Crippen molar-refractivity contribution in [2.24, 2.45) is 0 Å². The van der Waals surface area contributed by atoms with Crippen LogP contribution in [0, 0.1) is 0 Å². The molecule has 0 aliphatic rings. The molecule has 18 heavy (non-hydrogen) atoms. The maximum Gasteiger partial charge on any atom is 0.119 e. The van der Waals surface area contributed by atoms with E-state index in [1.54, 1.807) is 7.11 Å². The molecule has 4 nitrogen and oxygen atoms in total. The summed E-state index contributed by atoms with van der Waals surface area (Å²) >= 11 is 0. The first kappa shape index (κ1) is 12.5. The fourth-order valence-corrected chi connectivity index (χ4v) is 1.91. The molecule has 1 aromatic heterocycles. The van der Waals surface area contributed by atoms with Crippen molar-refractivity contribution < 1.29 is 4.74 Å². The minimum atomic E-state index is 0.0892. The highest BCUT2D eigenvalue weighted by molar-refractivity contribution is 5.35. The fourth-order valence-electron chi connectivity index (χ4n) is 1.91. The molecule has 0 saturated heterocycles. The molecule has 94 valence electrons. The minimum absolute atomic E-state index is 0.0892. The van der Waals surface area contributed by atoms with Crippen LogP contribution in [0.1, 0.15) is 24.1 Å². The number of benzene rings is 1. The molecule has 0 radical (unpaired) electrons. The zero-order chi connectivity index (χ0) is 12.8. The van der Waals surface area contributed by atoms with Gasteiger partial charge in [0.1, 0.15) is 12.1 Å². The summed E-state index contributed by atoms with van der Waals surface area (Å²) in [6.45, 7) is 2.95. The average Bonchev–Trinajstić information content (AvgIpc) is 2.46. The number of hydrogen-bond donors (Lipinski definition) is 1. The summed E-state index contributed by atoms with van der Waals surface area (Å²) in [6, 6.07) is 8.12. The lowest BCUT2D eigenvalue weighted by Gasteiger charge is -2.18. The molecule has 2 rings (SSSR count). The third kappa shape index (κ3) is 2.84. The number of nitrogens with one attached hydrogen (secondary N) is 1. The zero-order valence-electron chi connectivity index (χ0n) is 10.6. The van der Waals surface area contributed by atoms with Crippen molar-refractivity contribution in [1.82, 2.24) is 15.3 Å². The molecule has 0 aliphatic carbocycles. The monoisotopic (exact) mass is 243 g/mol. The quantitative estimate of drug-likeness (QED) is 0.874. The van der Waals surface area contributed by atoms with Crippen LogP contribution in [0.2, 0.25) is 0 Å². The average molecular weight is 243 g/mol. The van der Waals surface area contributed by atoms with E-state index in [4.69, 9.17) is 4.74 Å². The van der Waals surface area contributed by atoms with Gasteiger partial charge in [0.2, 0.25) is 0 Å². The Hall–Kier alpha value is -1.94. The van der Waals surface area contributed by atoms with E-state index in [0.29, 0.717) is 0 Å². The molecule has 4 heteroatoms. The molecule has 0 fully saturated rings. The SMILES string of the molecule is CCNC(c1cncnc1)c1cccc(OC)c1. The second kappa shape index (κ2) is 6.12. The van der Waals surface area contributed by atoms with Crippen LogP contribution in [-0.4, -0.2) is 23.6 Å². The molecule has 0 bridgehead atoms. The van der Waals surface area contributed by atoms with Crippen LogP contribution in [0.3, 0.4) is 0 Å². The van der Waals surface area contributed by atoms with Gasteiger partial charge >= 0.3 is 0 Å². The van der Waals surface area contributed by atoms with Gasteiger partial charge in [-0.3, -0.25) is 0 Å². The Morgan fingerprint density at radius 3 is 2.67 bits per heavy atom. The lowest BCUT2D eigenvalue weighted by molar-refractivity contribution is 0.413. The molecule has 0 saturated carbocycles. The van der Waals surface area contributed by atoms with Gasteiger partial charge in [-0.15, -0.1) is 0 Å². The predicted octanol–water partition coefficient (Wildman–Crippen LogP) is 2.18. The summed E-state index contributed by atoms with van der Waals surface area (Å²) in [5.41, 5.74) is 2.19. The van der Waals surface area contributed by atoms with Crippen molar-refractivity contribution in [1.29, 1.82) is 0 Å². The molecule has 0 aliphatic heterocycles. The normalized spacial score (nSPS) is 12.1. The fraction of sp³-hybridized carbons (Fsp3) is 0.286. The highest BCUT2D eigenvalue weighted by Crippen LogP contribution is 2.24. The molecule has 1 aromatic carbocycles. The molecule has 1 atom stereocenters. The maximum absolute atomic E-state index is 5.26. The third-order valence-electron chi connectivity index (χ3n) is 2.75. The molecule has 2 aromatic rings. The van der Waals surface area contributed by atoms with Crippen LogP contribution in [0.15, 0.2) is 43.0 Å². The van der Waals surface area contributed by atoms with Crippen molar-refractivity contribution in [2.45, 2.75) is 13.0 Å². The molecular weight excluding hydrogens is 226 g/mol. The van der Waals surface area contributed by atoms with Gasteiger partial charge in [0.25, 0.3) is 0 Å². The van der Waals surface area contributed by atoms with E-state index in [1.165, 1.54) is 6.33 Å². The van der Waals surface area contributed by atoms with E-state index in [9.17, 15) is 0 Å². The first-order chi connectivity index (χ1) is 8.85. The number of nitrogens with zero attached hydrogens (tertiary/aromatic N) is 2. The van der Waals surface area contributed by atoms with E-state index in [-0.39, 0.29) is 6.04 Å². The van der Waals surface area contributed by atoms with Crippen molar-refractivity contribution in [2.75, 3.05) is 13.7 Å². The standard InChI is InChI=1S/C14H17N3O/c1-3-17-14(12-8-15-10-16-9-12)11-5-4-6-13(7-11)18-2/h4-10,14,17H,3H2,1-2H3. The van der Waals surface area contributed by atoms with E-state index >= 15 is 0 Å². The van der Waals surface area contributed by atoms with Gasteiger partial charge in [0.05, 0.1) is 13.2 Å². The lowest BCUT2D eigenvalue weighted by Crippen LogP contribution is -2.22. The van der Waals surface area contributed by atoms with Crippen LogP contribution in [0.5, 0.6) is 5.75 Å². The summed E-state index contributed by atoms with van der Waals surface area (Å²) in [5, 5.41) is 3.43. The number of ether oxygens (including phenoxy) is 1. The second-order valence-corrected chi connectivity index (χ2v) is 3.94. The first-order valence-electron chi connectivity index (χ1n) is 5.97. The summed E-state index contributed by atoms with van der Waals surface area (Å²) in [4.78, 5) is 8.15. The minimum Gasteiger partial charge on any atom is -0.497 e. The van der Waals surface area contributed by atoms with Crippen LogP contribution in [0.4, 0.5) is 0 Å². The van der Waals surface area contributed by atoms with E-state index < -0.39 is 0 Å².